The summed E-state index contributed by atoms with van der Waals surface area (Å²) in [6.45, 7) is 3.55. The summed E-state index contributed by atoms with van der Waals surface area (Å²) in [5.41, 5.74) is 0.677. The molecule has 1 aromatic heterocycles. The maximum Gasteiger partial charge on any atom is 0.271 e. The molecular formula is C19H22ClFN4O3S. The van der Waals surface area contributed by atoms with Crippen LogP contribution >= 0.6 is 11.6 Å². The maximum absolute atomic E-state index is 13.7. The van der Waals surface area contributed by atoms with Gasteiger partial charge < -0.3 is 10.6 Å². The molecule has 156 valence electrons. The molecule has 0 fully saturated rings. The normalized spacial score (nSPS) is 13.8. The van der Waals surface area contributed by atoms with Crippen molar-refractivity contribution in [2.45, 2.75) is 32.4 Å². The van der Waals surface area contributed by atoms with Crippen LogP contribution in [0.2, 0.25) is 5.02 Å². The molecule has 2 N–H and O–H groups in total. The molecule has 7 nitrogen and oxygen atoms in total. The second-order valence-electron chi connectivity index (χ2n) is 6.46. The van der Waals surface area contributed by atoms with E-state index in [0.29, 0.717) is 17.8 Å². The van der Waals surface area contributed by atoms with E-state index in [1.54, 1.807) is 19.1 Å². The molecule has 0 aliphatic carbocycles. The van der Waals surface area contributed by atoms with Gasteiger partial charge in [-0.15, -0.1) is 0 Å². The molecule has 10 heteroatoms. The molecule has 2 rings (SSSR count). The maximum atomic E-state index is 13.7. The zero-order valence-electron chi connectivity index (χ0n) is 16.2. The minimum Gasteiger partial charge on any atom is -0.362 e. The third-order valence-electron chi connectivity index (χ3n) is 3.94. The van der Waals surface area contributed by atoms with Crippen LogP contribution in [-0.4, -0.2) is 36.6 Å². The van der Waals surface area contributed by atoms with Gasteiger partial charge in [0.1, 0.15) is 17.3 Å². The van der Waals surface area contributed by atoms with E-state index in [-0.39, 0.29) is 16.8 Å². The predicted molar refractivity (Wildman–Crippen MR) is 111 cm³/mol. The first kappa shape index (κ1) is 22.8. The molecule has 0 saturated heterocycles. The van der Waals surface area contributed by atoms with Crippen molar-refractivity contribution in [2.24, 2.45) is 0 Å². The van der Waals surface area contributed by atoms with Gasteiger partial charge in [0.15, 0.2) is 9.84 Å². The molecule has 0 aliphatic rings. The molecule has 1 amide bonds. The molecule has 1 unspecified atom stereocenters. The van der Waals surface area contributed by atoms with Gasteiger partial charge in [-0.05, 0) is 25.0 Å². The smallest absolute Gasteiger partial charge is 0.271 e. The van der Waals surface area contributed by atoms with Crippen LogP contribution in [0.4, 0.5) is 10.2 Å². The summed E-state index contributed by atoms with van der Waals surface area (Å²) >= 11 is 6.05. The van der Waals surface area contributed by atoms with Gasteiger partial charge >= 0.3 is 0 Å². The average Bonchev–Trinajstić information content (AvgIpc) is 2.67. The van der Waals surface area contributed by atoms with E-state index >= 15 is 0 Å². The third-order valence-corrected chi connectivity index (χ3v) is 5.00. The second-order valence-corrected chi connectivity index (χ2v) is 8.76. The lowest BCUT2D eigenvalue weighted by atomic mass is 10.0. The summed E-state index contributed by atoms with van der Waals surface area (Å²) in [7, 11) is -3.27. The number of hydrogen-bond acceptors (Lipinski definition) is 6. The molecule has 2 aromatic rings. The van der Waals surface area contributed by atoms with Crippen molar-refractivity contribution < 1.29 is 17.6 Å². The van der Waals surface area contributed by atoms with E-state index in [1.807, 2.05) is 6.92 Å². The molecule has 0 spiro atoms. The fraction of sp³-hybridized carbons (Fsp3) is 0.316. The van der Waals surface area contributed by atoms with E-state index in [2.05, 4.69) is 20.6 Å². The third kappa shape index (κ3) is 6.79. The zero-order valence-corrected chi connectivity index (χ0v) is 17.8. The Kier molecular flexibility index (Phi) is 7.69. The lowest BCUT2D eigenvalue weighted by Crippen LogP contribution is -2.32. The second kappa shape index (κ2) is 9.80. The fourth-order valence-electron chi connectivity index (χ4n) is 2.48. The van der Waals surface area contributed by atoms with Crippen molar-refractivity contribution >= 4 is 33.2 Å². The van der Waals surface area contributed by atoms with Gasteiger partial charge in [0, 0.05) is 17.7 Å². The molecule has 0 bridgehead atoms. The highest BCUT2D eigenvalue weighted by molar-refractivity contribution is 7.93. The van der Waals surface area contributed by atoms with Crippen LogP contribution in [0.5, 0.6) is 0 Å². The van der Waals surface area contributed by atoms with Crippen molar-refractivity contribution in [1.82, 2.24) is 15.3 Å². The van der Waals surface area contributed by atoms with Crippen molar-refractivity contribution in [3.05, 3.63) is 64.2 Å². The van der Waals surface area contributed by atoms with Crippen LogP contribution in [0.3, 0.4) is 0 Å². The minimum atomic E-state index is -3.27. The molecule has 1 aromatic carbocycles. The largest absolute Gasteiger partial charge is 0.362 e. The Morgan fingerprint density at radius 3 is 2.62 bits per heavy atom. The summed E-state index contributed by atoms with van der Waals surface area (Å²) in [5, 5.41) is 6.81. The summed E-state index contributed by atoms with van der Waals surface area (Å²) in [6.07, 6.45) is 5.74. The minimum absolute atomic E-state index is 0.0481. The summed E-state index contributed by atoms with van der Waals surface area (Å²) in [5.74, 6) is -0.588. The highest BCUT2D eigenvalue weighted by atomic mass is 35.5. The molecule has 1 heterocycles. The Bertz CT molecular complexity index is 997. The van der Waals surface area contributed by atoms with Crippen LogP contribution in [0.15, 0.2) is 42.1 Å². The SMILES string of the molecule is CCC(Nc1cnc(C(=O)N[C@H](C)/C=C/S(C)(=O)=O)cn1)c1cccc(F)c1Cl. The van der Waals surface area contributed by atoms with E-state index in [1.165, 1.54) is 24.5 Å². The van der Waals surface area contributed by atoms with Gasteiger partial charge in [-0.25, -0.2) is 22.8 Å². The van der Waals surface area contributed by atoms with Gasteiger partial charge in [0.25, 0.3) is 5.91 Å². The number of amides is 1. The van der Waals surface area contributed by atoms with E-state index < -0.39 is 27.6 Å². The number of carbonyl (C=O) groups excluding carboxylic acids is 1. The molecule has 0 saturated carbocycles. The number of aromatic nitrogens is 2. The molecule has 0 aliphatic heterocycles. The predicted octanol–water partition coefficient (Wildman–Crippen LogP) is 3.51. The Morgan fingerprint density at radius 1 is 1.31 bits per heavy atom. The van der Waals surface area contributed by atoms with E-state index in [0.717, 1.165) is 11.7 Å². The Balaban J connectivity index is 2.06. The number of rotatable bonds is 8. The summed E-state index contributed by atoms with van der Waals surface area (Å²) < 4.78 is 36.0. The highest BCUT2D eigenvalue weighted by Crippen LogP contribution is 2.29. The van der Waals surface area contributed by atoms with Crippen LogP contribution in [0, 0.1) is 5.82 Å². The first-order chi connectivity index (χ1) is 13.6. The van der Waals surface area contributed by atoms with Crippen molar-refractivity contribution in [1.29, 1.82) is 0 Å². The number of halogens is 2. The lowest BCUT2D eigenvalue weighted by molar-refractivity contribution is 0.0941. The number of anilines is 1. The number of carbonyl (C=O) groups is 1. The molecule has 2 atom stereocenters. The molecule has 0 radical (unpaired) electrons. The monoisotopic (exact) mass is 440 g/mol. The van der Waals surface area contributed by atoms with E-state index in [9.17, 15) is 17.6 Å². The van der Waals surface area contributed by atoms with Crippen LogP contribution < -0.4 is 10.6 Å². The van der Waals surface area contributed by atoms with Crippen LogP contribution in [-0.2, 0) is 9.84 Å². The fourth-order valence-corrected chi connectivity index (χ4v) is 3.26. The topological polar surface area (TPSA) is 101 Å². The number of nitrogens with zero attached hydrogens (tertiary/aromatic N) is 2. The number of hydrogen-bond donors (Lipinski definition) is 2. The Labute approximate surface area is 174 Å². The van der Waals surface area contributed by atoms with Crippen LogP contribution in [0.1, 0.15) is 42.4 Å². The van der Waals surface area contributed by atoms with Gasteiger partial charge in [0.2, 0.25) is 0 Å². The number of nitrogens with one attached hydrogen (secondary N) is 2. The molecular weight excluding hydrogens is 419 g/mol. The van der Waals surface area contributed by atoms with Crippen LogP contribution in [0.25, 0.3) is 0 Å². The van der Waals surface area contributed by atoms with Gasteiger partial charge in [-0.1, -0.05) is 36.7 Å². The van der Waals surface area contributed by atoms with E-state index in [4.69, 9.17) is 11.6 Å². The van der Waals surface area contributed by atoms with Crippen molar-refractivity contribution in [2.75, 3.05) is 11.6 Å². The zero-order chi connectivity index (χ0) is 21.6. The average molecular weight is 441 g/mol. The highest BCUT2D eigenvalue weighted by Gasteiger charge is 2.17. The molecule has 29 heavy (non-hydrogen) atoms. The first-order valence-electron chi connectivity index (χ1n) is 8.82. The quantitative estimate of drug-likeness (QED) is 0.651. The van der Waals surface area contributed by atoms with Crippen molar-refractivity contribution in [3.63, 3.8) is 0 Å². The standard InChI is InChI=1S/C19H22ClFN4O3S/c1-4-15(13-6-5-7-14(21)18(13)20)25-17-11-22-16(10-23-17)19(26)24-12(2)8-9-29(3,27)28/h5-12,15H,4H2,1-3H3,(H,23,25)(H,24,26)/b9-8+/t12-,15?/m1/s1. The van der Waals surface area contributed by atoms with Gasteiger partial charge in [-0.2, -0.15) is 0 Å². The Morgan fingerprint density at radius 2 is 2.03 bits per heavy atom. The number of benzene rings is 1. The summed E-state index contributed by atoms with van der Waals surface area (Å²) in [4.78, 5) is 20.4. The van der Waals surface area contributed by atoms with Gasteiger partial charge in [-0.3, -0.25) is 4.79 Å². The Hall–Kier alpha value is -2.52. The number of sulfone groups is 1. The lowest BCUT2D eigenvalue weighted by Gasteiger charge is -2.19. The summed E-state index contributed by atoms with van der Waals surface area (Å²) in [6, 6.07) is 3.81. The van der Waals surface area contributed by atoms with Crippen molar-refractivity contribution in [3.8, 4) is 0 Å². The first-order valence-corrected chi connectivity index (χ1v) is 11.2. The van der Waals surface area contributed by atoms with Gasteiger partial charge in [0.05, 0.1) is 23.5 Å².